The third-order valence-corrected chi connectivity index (χ3v) is 5.48. The average Bonchev–Trinajstić information content (AvgIpc) is 3.04. The fourth-order valence-electron chi connectivity index (χ4n) is 2.11. The second-order valence-electron chi connectivity index (χ2n) is 4.01. The van der Waals surface area contributed by atoms with Crippen molar-refractivity contribution in [2.75, 3.05) is 0 Å². The lowest BCUT2D eigenvalue weighted by Crippen LogP contribution is -2.17. The predicted octanol–water partition coefficient (Wildman–Crippen LogP) is 3.14. The summed E-state index contributed by atoms with van der Waals surface area (Å²) in [7, 11) is -0.344. The van der Waals surface area contributed by atoms with Crippen molar-refractivity contribution < 1.29 is 0 Å². The predicted molar refractivity (Wildman–Crippen MR) is 75.4 cm³/mol. The summed E-state index contributed by atoms with van der Waals surface area (Å²) in [5.41, 5.74) is 0.426. The van der Waals surface area contributed by atoms with E-state index in [9.17, 15) is 0 Å². The molecule has 0 saturated heterocycles. The lowest BCUT2D eigenvalue weighted by molar-refractivity contribution is 1.40. The lowest BCUT2D eigenvalue weighted by atomic mass is 10.4. The van der Waals surface area contributed by atoms with E-state index in [1.165, 1.54) is 10.6 Å². The van der Waals surface area contributed by atoms with Gasteiger partial charge in [0.05, 0.1) is 12.2 Å². The first-order chi connectivity index (χ1) is 8.45. The number of hydrogen-bond acceptors (Lipinski definition) is 0. The highest BCUT2D eigenvalue weighted by molar-refractivity contribution is 7.73. The van der Waals surface area contributed by atoms with Gasteiger partial charge in [0.2, 0.25) is 0 Å². The third kappa shape index (κ3) is 2.11. The van der Waals surface area contributed by atoms with Gasteiger partial charge >= 0.3 is 0 Å². The minimum atomic E-state index is -0.344. The Bertz CT molecular complexity index is 508. The highest BCUT2D eigenvalue weighted by Gasteiger charge is 2.24. The Morgan fingerprint density at radius 2 is 1.94 bits per heavy atom. The fourth-order valence-corrected chi connectivity index (χ4v) is 4.55. The van der Waals surface area contributed by atoms with Gasteiger partial charge in [-0.25, -0.2) is 6.07 Å². The van der Waals surface area contributed by atoms with Crippen LogP contribution in [0.4, 0.5) is 0 Å². The number of hydrogen-bond donors (Lipinski definition) is 0. The average molecular weight is 236 g/mol. The molecule has 3 rings (SSSR count). The molecule has 0 N–H and O–H groups in total. The molecule has 0 heterocycles. The molecule has 0 saturated carbocycles. The Hall–Kier alpha value is -1.61. The smallest absolute Gasteiger partial charge is 0.155 e. The van der Waals surface area contributed by atoms with Crippen LogP contribution in [0.2, 0.25) is 0 Å². The largest absolute Gasteiger partial charge is 0.206 e. The van der Waals surface area contributed by atoms with Crippen molar-refractivity contribution in [2.45, 2.75) is 5.66 Å². The maximum Gasteiger partial charge on any atom is 0.155 e. The van der Waals surface area contributed by atoms with Crippen LogP contribution in [0, 0.1) is 6.08 Å². The van der Waals surface area contributed by atoms with Crippen molar-refractivity contribution >= 4 is 18.5 Å². The van der Waals surface area contributed by atoms with E-state index in [0.29, 0.717) is 5.66 Å². The summed E-state index contributed by atoms with van der Waals surface area (Å²) >= 11 is 0. The van der Waals surface area contributed by atoms with Crippen LogP contribution in [0.3, 0.4) is 0 Å². The molecule has 2 unspecified atom stereocenters. The van der Waals surface area contributed by atoms with Crippen LogP contribution >= 0.6 is 7.92 Å². The Kier molecular flexibility index (Phi) is 2.92. The zero-order valence-corrected chi connectivity index (χ0v) is 10.3. The van der Waals surface area contributed by atoms with E-state index in [0.717, 1.165) is 0 Å². The maximum absolute atomic E-state index is 3.44. The van der Waals surface area contributed by atoms with Gasteiger partial charge in [0.1, 0.15) is 5.66 Å². The Morgan fingerprint density at radius 3 is 2.59 bits per heavy atom. The number of benzene rings is 1. The highest BCUT2D eigenvalue weighted by Crippen LogP contribution is 2.41. The van der Waals surface area contributed by atoms with Crippen LogP contribution in [-0.2, 0) is 0 Å². The van der Waals surface area contributed by atoms with Gasteiger partial charge < -0.3 is 0 Å². The van der Waals surface area contributed by atoms with Crippen molar-refractivity contribution in [2.24, 2.45) is 0 Å². The quantitative estimate of drug-likeness (QED) is 0.567. The minimum Gasteiger partial charge on any atom is -0.206 e. The van der Waals surface area contributed by atoms with Gasteiger partial charge in [0, 0.05) is 6.08 Å². The summed E-state index contributed by atoms with van der Waals surface area (Å²) in [5.74, 6) is 0. The molecule has 1 aliphatic rings. The maximum atomic E-state index is 3.44. The van der Waals surface area contributed by atoms with E-state index >= 15 is 0 Å². The molecule has 1 heteroatoms. The van der Waals surface area contributed by atoms with Gasteiger partial charge in [0.15, 0.2) is 6.08 Å². The molecule has 2 aromatic carbocycles. The summed E-state index contributed by atoms with van der Waals surface area (Å²) in [6.07, 6.45) is 9.83. The molecule has 0 aliphatic heterocycles. The molecule has 17 heavy (non-hydrogen) atoms. The van der Waals surface area contributed by atoms with E-state index in [-0.39, 0.29) is 7.92 Å². The first-order valence-corrected chi connectivity index (χ1v) is 7.18. The summed E-state index contributed by atoms with van der Waals surface area (Å²) in [6.45, 7) is 0. The van der Waals surface area contributed by atoms with Gasteiger partial charge in [-0.2, -0.15) is 23.5 Å². The molecule has 82 valence electrons. The molecule has 0 bridgehead atoms. The van der Waals surface area contributed by atoms with Crippen molar-refractivity contribution in [3.05, 3.63) is 78.9 Å². The third-order valence-electron chi connectivity index (χ3n) is 2.89. The van der Waals surface area contributed by atoms with Crippen LogP contribution in [0.25, 0.3) is 0 Å². The zero-order valence-electron chi connectivity index (χ0n) is 9.45. The highest BCUT2D eigenvalue weighted by atomic mass is 31.1. The summed E-state index contributed by atoms with van der Waals surface area (Å²) < 4.78 is 0. The van der Waals surface area contributed by atoms with E-state index in [1.54, 1.807) is 0 Å². The topological polar surface area (TPSA) is 0 Å². The number of rotatable bonds is 3. The second kappa shape index (κ2) is 4.72. The molecular formula is C16H13P. The molecule has 0 spiro atoms. The molecule has 1 aliphatic carbocycles. The van der Waals surface area contributed by atoms with Gasteiger partial charge in [-0.15, -0.1) is 0 Å². The fraction of sp³-hybridized carbons (Fsp3) is 0.0625. The SMILES string of the molecule is [C+]1=CC=CC1P(c1ccccc1)c1cc[cH-]c1. The number of allylic oxidation sites excluding steroid dienone is 4. The van der Waals surface area contributed by atoms with Crippen molar-refractivity contribution in [1.82, 2.24) is 0 Å². The molecule has 0 radical (unpaired) electrons. The normalized spacial score (nSPS) is 19.2. The molecule has 0 aromatic heterocycles. The zero-order chi connectivity index (χ0) is 11.5. The molecule has 2 atom stereocenters. The molecule has 2 aromatic rings. The van der Waals surface area contributed by atoms with Crippen molar-refractivity contribution in [1.29, 1.82) is 0 Å². The summed E-state index contributed by atoms with van der Waals surface area (Å²) in [5, 5.41) is 2.86. The minimum absolute atomic E-state index is 0.344. The molecule has 0 fully saturated rings. The second-order valence-corrected chi connectivity index (χ2v) is 6.34. The van der Waals surface area contributed by atoms with Gasteiger partial charge in [0.25, 0.3) is 0 Å². The van der Waals surface area contributed by atoms with Crippen molar-refractivity contribution in [3.8, 4) is 0 Å². The molecular weight excluding hydrogens is 223 g/mol. The molecule has 0 nitrogen and oxygen atoms in total. The van der Waals surface area contributed by atoms with Crippen LogP contribution in [0.15, 0.2) is 72.8 Å². The first-order valence-electron chi connectivity index (χ1n) is 5.77. The Morgan fingerprint density at radius 1 is 1.06 bits per heavy atom. The van der Waals surface area contributed by atoms with E-state index in [1.807, 2.05) is 6.08 Å². The summed E-state index contributed by atoms with van der Waals surface area (Å²) in [6, 6.07) is 19.5. The lowest BCUT2D eigenvalue weighted by Gasteiger charge is -2.22. The first kappa shape index (κ1) is 10.5. The Balaban J connectivity index is 2.03. The standard InChI is InChI=1S/C16H13P/c1-2-8-14(9-3-1)17(15-10-4-5-11-15)16-12-6-7-13-16/h1-12,16H. The van der Waals surface area contributed by atoms with Crippen LogP contribution < -0.4 is 10.6 Å². The van der Waals surface area contributed by atoms with Gasteiger partial charge in [-0.05, 0) is 5.30 Å². The van der Waals surface area contributed by atoms with Crippen LogP contribution in [0.5, 0.6) is 0 Å². The van der Waals surface area contributed by atoms with E-state index in [4.69, 9.17) is 0 Å². The van der Waals surface area contributed by atoms with Gasteiger partial charge in [-0.3, -0.25) is 0 Å². The Labute approximate surface area is 103 Å². The van der Waals surface area contributed by atoms with E-state index in [2.05, 4.69) is 72.8 Å². The van der Waals surface area contributed by atoms with Gasteiger partial charge in [-0.1, -0.05) is 38.3 Å². The summed E-state index contributed by atoms with van der Waals surface area (Å²) in [4.78, 5) is 0. The van der Waals surface area contributed by atoms with Crippen molar-refractivity contribution in [3.63, 3.8) is 0 Å². The van der Waals surface area contributed by atoms with Crippen LogP contribution in [-0.4, -0.2) is 5.66 Å². The van der Waals surface area contributed by atoms with E-state index < -0.39 is 0 Å². The molecule has 0 amide bonds. The van der Waals surface area contributed by atoms with Crippen LogP contribution in [0.1, 0.15) is 0 Å². The monoisotopic (exact) mass is 236 g/mol.